The maximum Gasteiger partial charge on any atom is 0.357 e. The molecule has 0 N–H and O–H groups in total. The standard InChI is InChI=1S/C22H21BrIOSi/c1-26(2,3)21-14-11-17(22(25)16-9-12-18(23)13-10-16)15-20(21)24-19-7-5-4-6-8-19/h4-15H,1-3H3/q+1. The minimum Gasteiger partial charge on any atom is -0.289 e. The third-order valence-electron chi connectivity index (χ3n) is 4.09. The molecule has 0 aromatic heterocycles. The third kappa shape index (κ3) is 4.72. The Bertz CT molecular complexity index is 915. The number of ketones is 1. The molecule has 0 bridgehead atoms. The minimum absolute atomic E-state index is 0.0953. The molecule has 3 rings (SSSR count). The van der Waals surface area contributed by atoms with Crippen LogP contribution in [0.15, 0.2) is 77.3 Å². The highest BCUT2D eigenvalue weighted by Gasteiger charge is 2.29. The van der Waals surface area contributed by atoms with Crippen LogP contribution in [0, 0.1) is 7.14 Å². The SMILES string of the molecule is C[Si](C)(C)c1ccc(C(=O)c2ccc(Br)cc2)cc1[I+]c1ccccc1. The number of hydrogen-bond acceptors (Lipinski definition) is 1. The normalized spacial score (nSPS) is 11.4. The summed E-state index contributed by atoms with van der Waals surface area (Å²) >= 11 is 3.13. The van der Waals surface area contributed by atoms with Crippen molar-refractivity contribution in [3.05, 3.63) is 95.5 Å². The van der Waals surface area contributed by atoms with Crippen molar-refractivity contribution in [2.24, 2.45) is 0 Å². The van der Waals surface area contributed by atoms with E-state index in [0.29, 0.717) is 0 Å². The van der Waals surface area contributed by atoms with Crippen LogP contribution < -0.4 is 26.4 Å². The van der Waals surface area contributed by atoms with Gasteiger partial charge in [-0.1, -0.05) is 65.9 Å². The second-order valence-electron chi connectivity index (χ2n) is 7.17. The fraction of sp³-hybridized carbons (Fsp3) is 0.136. The zero-order chi connectivity index (χ0) is 18.7. The number of rotatable bonds is 5. The fourth-order valence-corrected chi connectivity index (χ4v) is 9.49. The van der Waals surface area contributed by atoms with E-state index >= 15 is 0 Å². The van der Waals surface area contributed by atoms with Crippen molar-refractivity contribution < 1.29 is 26.0 Å². The number of carbonyl (C=O) groups excluding carboxylic acids is 1. The van der Waals surface area contributed by atoms with Crippen LogP contribution in [0.3, 0.4) is 0 Å². The summed E-state index contributed by atoms with van der Waals surface area (Å²) in [6.45, 7) is 7.12. The van der Waals surface area contributed by atoms with Gasteiger partial charge in [0.1, 0.15) is 0 Å². The molecule has 132 valence electrons. The van der Waals surface area contributed by atoms with Crippen LogP contribution >= 0.6 is 15.9 Å². The molecule has 0 aliphatic heterocycles. The molecule has 3 aromatic carbocycles. The van der Waals surface area contributed by atoms with Gasteiger partial charge in [0, 0.05) is 21.7 Å². The van der Waals surface area contributed by atoms with E-state index in [0.717, 1.165) is 15.6 Å². The third-order valence-corrected chi connectivity index (χ3v) is 9.99. The molecule has 0 aliphatic carbocycles. The largest absolute Gasteiger partial charge is 0.357 e. The van der Waals surface area contributed by atoms with E-state index in [-0.39, 0.29) is 27.0 Å². The van der Waals surface area contributed by atoms with Crippen LogP contribution in [-0.2, 0) is 0 Å². The maximum atomic E-state index is 12.9. The Hall–Kier alpha value is -1.24. The Labute approximate surface area is 175 Å². The molecule has 0 heterocycles. The van der Waals surface area contributed by atoms with E-state index < -0.39 is 8.07 Å². The Morgan fingerprint density at radius 1 is 0.846 bits per heavy atom. The Balaban J connectivity index is 2.01. The average molecular weight is 536 g/mol. The first kappa shape index (κ1) is 19.5. The van der Waals surface area contributed by atoms with Crippen LogP contribution in [0.25, 0.3) is 0 Å². The summed E-state index contributed by atoms with van der Waals surface area (Å²) in [6, 6.07) is 24.6. The summed E-state index contributed by atoms with van der Waals surface area (Å²) in [7, 11) is -1.47. The van der Waals surface area contributed by atoms with Gasteiger partial charge in [-0.05, 0) is 41.6 Å². The topological polar surface area (TPSA) is 17.1 Å². The Morgan fingerprint density at radius 3 is 2.08 bits per heavy atom. The van der Waals surface area contributed by atoms with Crippen molar-refractivity contribution >= 4 is 35.0 Å². The number of carbonyl (C=O) groups is 1. The quantitative estimate of drug-likeness (QED) is 0.278. The zero-order valence-corrected chi connectivity index (χ0v) is 19.8. The first-order valence-corrected chi connectivity index (χ1v) is 14.9. The van der Waals surface area contributed by atoms with Gasteiger partial charge in [-0.2, -0.15) is 0 Å². The Kier molecular flexibility index (Phi) is 6.15. The van der Waals surface area contributed by atoms with Gasteiger partial charge in [-0.25, -0.2) is 0 Å². The summed E-state index contributed by atoms with van der Waals surface area (Å²) < 4.78 is 3.76. The van der Waals surface area contributed by atoms with Gasteiger partial charge in [0.15, 0.2) is 12.9 Å². The van der Waals surface area contributed by atoms with Crippen molar-refractivity contribution in [3.8, 4) is 0 Å². The highest BCUT2D eigenvalue weighted by atomic mass is 127. The minimum atomic E-state index is -1.47. The van der Waals surface area contributed by atoms with Crippen molar-refractivity contribution in [2.75, 3.05) is 0 Å². The van der Waals surface area contributed by atoms with Gasteiger partial charge in [-0.3, -0.25) is 4.79 Å². The van der Waals surface area contributed by atoms with Crippen molar-refractivity contribution in [1.82, 2.24) is 0 Å². The van der Waals surface area contributed by atoms with E-state index in [2.05, 4.69) is 78.0 Å². The fourth-order valence-electron chi connectivity index (χ4n) is 2.71. The molecule has 3 aromatic rings. The predicted octanol–water partition coefficient (Wildman–Crippen LogP) is 2.35. The Morgan fingerprint density at radius 2 is 1.46 bits per heavy atom. The highest BCUT2D eigenvalue weighted by Crippen LogP contribution is 2.14. The lowest BCUT2D eigenvalue weighted by molar-refractivity contribution is -0.596. The number of hydrogen-bond donors (Lipinski definition) is 0. The van der Waals surface area contributed by atoms with Gasteiger partial charge in [0.05, 0.1) is 8.07 Å². The van der Waals surface area contributed by atoms with Crippen molar-refractivity contribution in [1.29, 1.82) is 0 Å². The van der Waals surface area contributed by atoms with E-state index in [1.165, 1.54) is 12.3 Å². The van der Waals surface area contributed by atoms with Crippen LogP contribution in [0.1, 0.15) is 15.9 Å². The van der Waals surface area contributed by atoms with Gasteiger partial charge in [0.2, 0.25) is 0 Å². The van der Waals surface area contributed by atoms with E-state index in [1.807, 2.05) is 30.3 Å². The predicted molar refractivity (Wildman–Crippen MR) is 111 cm³/mol. The molecule has 4 heteroatoms. The molecule has 26 heavy (non-hydrogen) atoms. The first-order chi connectivity index (χ1) is 12.3. The number of benzene rings is 3. The lowest BCUT2D eigenvalue weighted by atomic mass is 10.0. The van der Waals surface area contributed by atoms with E-state index in [9.17, 15) is 4.79 Å². The van der Waals surface area contributed by atoms with Gasteiger partial charge in [-0.15, -0.1) is 0 Å². The molecular formula is C22H21BrIOSi+. The molecule has 0 aliphatic rings. The lowest BCUT2D eigenvalue weighted by Gasteiger charge is -2.16. The second-order valence-corrected chi connectivity index (χ2v) is 16.1. The summed E-state index contributed by atoms with van der Waals surface area (Å²) in [5.74, 6) is 0.0953. The summed E-state index contributed by atoms with van der Waals surface area (Å²) in [6.07, 6.45) is 0. The molecule has 0 fully saturated rings. The van der Waals surface area contributed by atoms with Gasteiger partial charge < -0.3 is 0 Å². The van der Waals surface area contributed by atoms with Crippen molar-refractivity contribution in [2.45, 2.75) is 19.6 Å². The van der Waals surface area contributed by atoms with Gasteiger partial charge in [0.25, 0.3) is 0 Å². The van der Waals surface area contributed by atoms with Crippen LogP contribution in [0.4, 0.5) is 0 Å². The smallest absolute Gasteiger partial charge is 0.289 e. The monoisotopic (exact) mass is 535 g/mol. The van der Waals surface area contributed by atoms with E-state index in [4.69, 9.17) is 0 Å². The van der Waals surface area contributed by atoms with Crippen LogP contribution in [0.2, 0.25) is 19.6 Å². The molecule has 0 radical (unpaired) electrons. The average Bonchev–Trinajstić information content (AvgIpc) is 2.61. The number of halogens is 2. The molecule has 0 unspecified atom stereocenters. The summed E-state index contributed by atoms with van der Waals surface area (Å²) in [5.41, 5.74) is 1.53. The van der Waals surface area contributed by atoms with Gasteiger partial charge >= 0.3 is 21.2 Å². The summed E-state index contributed by atoms with van der Waals surface area (Å²) in [5, 5.41) is 1.47. The zero-order valence-electron chi connectivity index (χ0n) is 15.1. The first-order valence-electron chi connectivity index (χ1n) is 8.49. The van der Waals surface area contributed by atoms with E-state index in [1.54, 1.807) is 0 Å². The van der Waals surface area contributed by atoms with Crippen LogP contribution in [-0.4, -0.2) is 13.9 Å². The highest BCUT2D eigenvalue weighted by molar-refractivity contribution is 9.10. The lowest BCUT2D eigenvalue weighted by Crippen LogP contribution is -3.62. The maximum absolute atomic E-state index is 12.9. The molecule has 0 saturated carbocycles. The molecule has 0 amide bonds. The molecule has 0 spiro atoms. The summed E-state index contributed by atoms with van der Waals surface area (Å²) in [4.78, 5) is 12.9. The molecular weight excluding hydrogens is 515 g/mol. The molecule has 1 nitrogen and oxygen atoms in total. The van der Waals surface area contributed by atoms with Crippen molar-refractivity contribution in [3.63, 3.8) is 0 Å². The molecule has 0 saturated heterocycles. The molecule has 0 atom stereocenters. The second kappa shape index (κ2) is 8.19. The van der Waals surface area contributed by atoms with Crippen LogP contribution in [0.5, 0.6) is 0 Å².